The van der Waals surface area contributed by atoms with Crippen LogP contribution in [-0.2, 0) is 25.7 Å². The molecule has 4 rings (SSSR count). The Hall–Kier alpha value is -4.17. The molecule has 39 heavy (non-hydrogen) atoms. The van der Waals surface area contributed by atoms with Gasteiger partial charge in [0.25, 0.3) is 0 Å². The van der Waals surface area contributed by atoms with Gasteiger partial charge in [-0.1, -0.05) is 60.7 Å². The van der Waals surface area contributed by atoms with E-state index in [9.17, 15) is 19.5 Å². The largest absolute Gasteiger partial charge is 0.460 e. The molecule has 2 amide bonds. The molecule has 0 aliphatic heterocycles. The first-order valence-electron chi connectivity index (χ1n) is 13.0. The maximum absolute atomic E-state index is 13.1. The maximum Gasteiger partial charge on any atom is 0.407 e. The second-order valence-corrected chi connectivity index (χ2v) is 10.5. The van der Waals surface area contributed by atoms with Crippen LogP contribution >= 0.6 is 0 Å². The number of anilines is 1. The molecule has 0 radical (unpaired) electrons. The van der Waals surface area contributed by atoms with E-state index >= 15 is 0 Å². The number of aliphatic hydroxyl groups excluding tert-OH is 1. The molecule has 0 bridgehead atoms. The number of fused-ring (bicyclic) bond motifs is 3. The molecule has 1 unspecified atom stereocenters. The molecular weight excluding hydrogens is 496 g/mol. The number of alkyl carbamates (subject to hydrolysis) is 1. The van der Waals surface area contributed by atoms with Crippen molar-refractivity contribution in [1.82, 2.24) is 5.32 Å². The zero-order valence-electron chi connectivity index (χ0n) is 22.4. The smallest absolute Gasteiger partial charge is 0.407 e. The molecule has 3 aromatic rings. The van der Waals surface area contributed by atoms with Crippen LogP contribution in [-0.4, -0.2) is 41.3 Å². The van der Waals surface area contributed by atoms with Gasteiger partial charge in [0.15, 0.2) is 0 Å². The van der Waals surface area contributed by atoms with E-state index < -0.39 is 29.6 Å². The highest BCUT2D eigenvalue weighted by Gasteiger charge is 2.30. The quantitative estimate of drug-likeness (QED) is 0.330. The van der Waals surface area contributed by atoms with Crippen molar-refractivity contribution in [2.45, 2.75) is 57.8 Å². The second-order valence-electron chi connectivity index (χ2n) is 10.5. The van der Waals surface area contributed by atoms with E-state index in [2.05, 4.69) is 22.8 Å². The molecule has 0 fully saturated rings. The molecule has 3 aromatic carbocycles. The summed E-state index contributed by atoms with van der Waals surface area (Å²) in [7, 11) is 0. The number of carbonyl (C=O) groups is 3. The standard InChI is InChI=1S/C31H34N2O6/c1-31(2,3)39-28(35)17-16-27(29(36)32-21-14-12-20(18-34)13-15-21)33-30(37)38-19-26-24-10-6-4-8-22(24)23-9-5-7-11-25(23)26/h4-15,26-27,34H,16-19H2,1-3H3,(H,32,36)(H,33,37). The van der Waals surface area contributed by atoms with Gasteiger partial charge in [-0.25, -0.2) is 4.79 Å². The first-order valence-corrected chi connectivity index (χ1v) is 13.0. The molecule has 0 heterocycles. The molecule has 204 valence electrons. The Balaban J connectivity index is 1.42. The minimum Gasteiger partial charge on any atom is -0.460 e. The van der Waals surface area contributed by atoms with Crippen LogP contribution in [0.1, 0.15) is 56.2 Å². The summed E-state index contributed by atoms with van der Waals surface area (Å²) >= 11 is 0. The van der Waals surface area contributed by atoms with E-state index in [-0.39, 0.29) is 32.0 Å². The van der Waals surface area contributed by atoms with E-state index in [0.29, 0.717) is 11.3 Å². The summed E-state index contributed by atoms with van der Waals surface area (Å²) in [6.45, 7) is 5.28. The zero-order valence-corrected chi connectivity index (χ0v) is 22.4. The number of esters is 1. The lowest BCUT2D eigenvalue weighted by Gasteiger charge is -2.22. The van der Waals surface area contributed by atoms with Gasteiger partial charge in [-0.3, -0.25) is 9.59 Å². The van der Waals surface area contributed by atoms with Gasteiger partial charge in [-0.05, 0) is 67.1 Å². The van der Waals surface area contributed by atoms with Gasteiger partial charge in [0.05, 0.1) is 6.61 Å². The van der Waals surface area contributed by atoms with Gasteiger partial charge >= 0.3 is 12.1 Å². The molecule has 0 aromatic heterocycles. The van der Waals surface area contributed by atoms with Crippen molar-refractivity contribution >= 4 is 23.7 Å². The molecule has 3 N–H and O–H groups in total. The monoisotopic (exact) mass is 530 g/mol. The van der Waals surface area contributed by atoms with Crippen LogP contribution < -0.4 is 10.6 Å². The van der Waals surface area contributed by atoms with E-state index in [4.69, 9.17) is 9.47 Å². The number of hydrogen-bond acceptors (Lipinski definition) is 6. The molecule has 0 spiro atoms. The summed E-state index contributed by atoms with van der Waals surface area (Å²) < 4.78 is 11.0. The van der Waals surface area contributed by atoms with Crippen LogP contribution in [0.3, 0.4) is 0 Å². The Bertz CT molecular complexity index is 1280. The summed E-state index contributed by atoms with van der Waals surface area (Å²) in [6, 6.07) is 21.7. The second kappa shape index (κ2) is 12.1. The highest BCUT2D eigenvalue weighted by atomic mass is 16.6. The van der Waals surface area contributed by atoms with Crippen molar-refractivity contribution in [3.63, 3.8) is 0 Å². The Morgan fingerprint density at radius 3 is 2.05 bits per heavy atom. The van der Waals surface area contributed by atoms with Gasteiger partial charge in [-0.2, -0.15) is 0 Å². The summed E-state index contributed by atoms with van der Waals surface area (Å²) in [5.74, 6) is -1.09. The highest BCUT2D eigenvalue weighted by molar-refractivity contribution is 5.96. The van der Waals surface area contributed by atoms with Gasteiger partial charge in [-0.15, -0.1) is 0 Å². The SMILES string of the molecule is CC(C)(C)OC(=O)CCC(NC(=O)OCC1c2ccccc2-c2ccccc21)C(=O)Nc1ccc(CO)cc1. The van der Waals surface area contributed by atoms with Crippen LogP contribution in [0, 0.1) is 0 Å². The third kappa shape index (κ3) is 7.23. The predicted octanol–water partition coefficient (Wildman–Crippen LogP) is 5.15. The number of benzene rings is 3. The van der Waals surface area contributed by atoms with E-state index in [1.54, 1.807) is 45.0 Å². The molecule has 0 saturated heterocycles. The molecule has 1 aliphatic rings. The first-order chi connectivity index (χ1) is 18.6. The summed E-state index contributed by atoms with van der Waals surface area (Å²) in [6.07, 6.45) is -0.792. The van der Waals surface area contributed by atoms with Gasteiger partial charge in [0, 0.05) is 18.0 Å². The number of hydrogen-bond donors (Lipinski definition) is 3. The number of aliphatic hydroxyl groups is 1. The molecule has 1 atom stereocenters. The lowest BCUT2D eigenvalue weighted by atomic mass is 9.98. The molecule has 8 nitrogen and oxygen atoms in total. The van der Waals surface area contributed by atoms with Crippen molar-refractivity contribution in [3.8, 4) is 11.1 Å². The molecule has 8 heteroatoms. The Kier molecular flexibility index (Phi) is 8.66. The fourth-order valence-corrected chi connectivity index (χ4v) is 4.63. The van der Waals surface area contributed by atoms with Crippen LogP contribution in [0.2, 0.25) is 0 Å². The third-order valence-corrected chi connectivity index (χ3v) is 6.41. The third-order valence-electron chi connectivity index (χ3n) is 6.41. The maximum atomic E-state index is 13.1. The van der Waals surface area contributed by atoms with Gasteiger partial charge in [0.2, 0.25) is 5.91 Å². The lowest BCUT2D eigenvalue weighted by Crippen LogP contribution is -2.44. The minimum absolute atomic E-state index is 0.0274. The summed E-state index contributed by atoms with van der Waals surface area (Å²) in [5, 5.41) is 14.6. The normalized spacial score (nSPS) is 13.1. The van der Waals surface area contributed by atoms with Gasteiger partial charge < -0.3 is 25.2 Å². The summed E-state index contributed by atoms with van der Waals surface area (Å²) in [5.41, 5.74) is 4.92. The fourth-order valence-electron chi connectivity index (χ4n) is 4.63. The van der Waals surface area contributed by atoms with Crippen LogP contribution in [0.5, 0.6) is 0 Å². The Labute approximate surface area is 228 Å². The number of nitrogens with one attached hydrogen (secondary N) is 2. The fraction of sp³-hybridized carbons (Fsp3) is 0.323. The zero-order chi connectivity index (χ0) is 28.0. The first kappa shape index (κ1) is 27.9. The Morgan fingerprint density at radius 2 is 1.49 bits per heavy atom. The number of rotatable bonds is 9. The average Bonchev–Trinajstić information content (AvgIpc) is 3.23. The van der Waals surface area contributed by atoms with Crippen molar-refractivity contribution in [2.24, 2.45) is 0 Å². The molecular formula is C31H34N2O6. The minimum atomic E-state index is -1.04. The van der Waals surface area contributed by atoms with Crippen molar-refractivity contribution in [2.75, 3.05) is 11.9 Å². The van der Waals surface area contributed by atoms with Crippen molar-refractivity contribution < 1.29 is 29.0 Å². The number of amides is 2. The lowest BCUT2D eigenvalue weighted by molar-refractivity contribution is -0.155. The van der Waals surface area contributed by atoms with Gasteiger partial charge in [0.1, 0.15) is 18.2 Å². The predicted molar refractivity (Wildman–Crippen MR) is 148 cm³/mol. The van der Waals surface area contributed by atoms with E-state index in [1.165, 1.54) is 0 Å². The van der Waals surface area contributed by atoms with Crippen LogP contribution in [0.4, 0.5) is 10.5 Å². The highest BCUT2D eigenvalue weighted by Crippen LogP contribution is 2.44. The van der Waals surface area contributed by atoms with E-state index in [0.717, 1.165) is 22.3 Å². The van der Waals surface area contributed by atoms with Crippen molar-refractivity contribution in [3.05, 3.63) is 89.5 Å². The van der Waals surface area contributed by atoms with E-state index in [1.807, 2.05) is 36.4 Å². The average molecular weight is 531 g/mol. The molecule has 0 saturated carbocycles. The van der Waals surface area contributed by atoms with Crippen molar-refractivity contribution in [1.29, 1.82) is 0 Å². The van der Waals surface area contributed by atoms with Crippen LogP contribution in [0.25, 0.3) is 11.1 Å². The Morgan fingerprint density at radius 1 is 0.897 bits per heavy atom. The summed E-state index contributed by atoms with van der Waals surface area (Å²) in [4.78, 5) is 38.3. The molecule has 1 aliphatic carbocycles. The number of carbonyl (C=O) groups excluding carboxylic acids is 3. The topological polar surface area (TPSA) is 114 Å². The van der Waals surface area contributed by atoms with Crippen LogP contribution in [0.15, 0.2) is 72.8 Å². The number of ether oxygens (including phenoxy) is 2.